The first-order chi connectivity index (χ1) is 9.11. The molecule has 0 aliphatic carbocycles. The van der Waals surface area contributed by atoms with Crippen molar-refractivity contribution in [2.75, 3.05) is 0 Å². The van der Waals surface area contributed by atoms with Gasteiger partial charge >= 0.3 is 0 Å². The molecule has 0 spiro atoms. The molecule has 2 aromatic rings. The molecule has 0 amide bonds. The summed E-state index contributed by atoms with van der Waals surface area (Å²) >= 11 is 12.3. The molecule has 0 aliphatic heterocycles. The van der Waals surface area contributed by atoms with Crippen molar-refractivity contribution in [3.8, 4) is 0 Å². The lowest BCUT2D eigenvalue weighted by atomic mass is 10.0. The van der Waals surface area contributed by atoms with E-state index >= 15 is 0 Å². The fourth-order valence-electron chi connectivity index (χ4n) is 2.01. The van der Waals surface area contributed by atoms with Crippen LogP contribution in [0.3, 0.4) is 0 Å². The van der Waals surface area contributed by atoms with Gasteiger partial charge in [-0.05, 0) is 31.0 Å². The molecule has 1 atom stereocenters. The fourth-order valence-corrected chi connectivity index (χ4v) is 2.56. The van der Waals surface area contributed by atoms with E-state index in [1.165, 1.54) is 0 Å². The summed E-state index contributed by atoms with van der Waals surface area (Å²) in [6.07, 6.45) is 2.82. The van der Waals surface area contributed by atoms with Crippen LogP contribution in [0.5, 0.6) is 0 Å². The van der Waals surface area contributed by atoms with Gasteiger partial charge in [-0.25, -0.2) is 4.98 Å². The summed E-state index contributed by atoms with van der Waals surface area (Å²) in [4.78, 5) is 4.22. The van der Waals surface area contributed by atoms with Crippen LogP contribution in [0.1, 0.15) is 18.3 Å². The Balaban J connectivity index is 2.07. The minimum atomic E-state index is -0.0908. The number of hydrogen-bond acceptors (Lipinski definition) is 3. The lowest BCUT2D eigenvalue weighted by molar-refractivity contribution is 0.567. The van der Waals surface area contributed by atoms with Gasteiger partial charge in [-0.1, -0.05) is 29.3 Å². The zero-order chi connectivity index (χ0) is 13.8. The molecule has 6 heteroatoms. The molecule has 102 valence electrons. The van der Waals surface area contributed by atoms with Gasteiger partial charge in [0.15, 0.2) is 0 Å². The van der Waals surface area contributed by atoms with Crippen LogP contribution >= 0.6 is 23.2 Å². The van der Waals surface area contributed by atoms with Crippen LogP contribution in [-0.2, 0) is 19.4 Å². The first kappa shape index (κ1) is 14.3. The quantitative estimate of drug-likeness (QED) is 0.923. The Morgan fingerprint density at radius 2 is 1.95 bits per heavy atom. The van der Waals surface area contributed by atoms with E-state index in [1.54, 1.807) is 6.33 Å². The van der Waals surface area contributed by atoms with E-state index in [0.717, 1.165) is 17.9 Å². The minimum absolute atomic E-state index is 0.0908. The van der Waals surface area contributed by atoms with Crippen molar-refractivity contribution >= 4 is 23.2 Å². The second-order valence-corrected chi connectivity index (χ2v) is 5.17. The second-order valence-electron chi connectivity index (χ2n) is 4.36. The number of rotatable bonds is 5. The Morgan fingerprint density at radius 1 is 1.26 bits per heavy atom. The summed E-state index contributed by atoms with van der Waals surface area (Å²) in [6, 6.07) is 5.38. The predicted molar refractivity (Wildman–Crippen MR) is 77.5 cm³/mol. The Morgan fingerprint density at radius 3 is 2.58 bits per heavy atom. The van der Waals surface area contributed by atoms with E-state index < -0.39 is 0 Å². The minimum Gasteiger partial charge on any atom is -0.327 e. The monoisotopic (exact) mass is 298 g/mol. The van der Waals surface area contributed by atoms with Crippen molar-refractivity contribution in [3.05, 3.63) is 46.0 Å². The van der Waals surface area contributed by atoms with E-state index in [9.17, 15) is 0 Å². The molecule has 0 aliphatic rings. The van der Waals surface area contributed by atoms with Crippen molar-refractivity contribution in [1.29, 1.82) is 0 Å². The number of halogens is 2. The Hall–Kier alpha value is -1.10. The maximum atomic E-state index is 6.16. The third-order valence-electron chi connectivity index (χ3n) is 2.97. The molecule has 1 aromatic carbocycles. The Bertz CT molecular complexity index is 533. The van der Waals surface area contributed by atoms with Crippen LogP contribution < -0.4 is 5.73 Å². The highest BCUT2D eigenvalue weighted by Crippen LogP contribution is 2.25. The van der Waals surface area contributed by atoms with Gasteiger partial charge in [-0.15, -0.1) is 0 Å². The van der Waals surface area contributed by atoms with Crippen LogP contribution in [-0.4, -0.2) is 20.8 Å². The molecular formula is C13H16Cl2N4. The molecule has 4 nitrogen and oxygen atoms in total. The van der Waals surface area contributed by atoms with E-state index in [0.29, 0.717) is 22.9 Å². The summed E-state index contributed by atoms with van der Waals surface area (Å²) in [5.74, 6) is 0.887. The van der Waals surface area contributed by atoms with E-state index in [4.69, 9.17) is 28.9 Å². The van der Waals surface area contributed by atoms with Crippen molar-refractivity contribution in [2.24, 2.45) is 5.73 Å². The molecule has 1 aromatic heterocycles. The molecule has 0 radical (unpaired) electrons. The Labute approximate surface area is 122 Å². The summed E-state index contributed by atoms with van der Waals surface area (Å²) in [7, 11) is 0. The van der Waals surface area contributed by atoms with Crippen molar-refractivity contribution < 1.29 is 0 Å². The lowest BCUT2D eigenvalue weighted by Crippen LogP contribution is -2.27. The number of hydrogen-bond donors (Lipinski definition) is 1. The van der Waals surface area contributed by atoms with Gasteiger partial charge in [0, 0.05) is 29.1 Å². The Kier molecular flexibility index (Phi) is 4.80. The van der Waals surface area contributed by atoms with Crippen LogP contribution in [0.2, 0.25) is 10.0 Å². The molecular weight excluding hydrogens is 283 g/mol. The van der Waals surface area contributed by atoms with E-state index in [1.807, 2.05) is 29.8 Å². The van der Waals surface area contributed by atoms with Crippen LogP contribution in [0.4, 0.5) is 0 Å². The number of aromatic nitrogens is 3. The molecule has 19 heavy (non-hydrogen) atoms. The summed E-state index contributed by atoms with van der Waals surface area (Å²) < 4.78 is 1.84. The fraction of sp³-hybridized carbons (Fsp3) is 0.385. The van der Waals surface area contributed by atoms with Gasteiger partial charge in [0.2, 0.25) is 0 Å². The number of nitrogens with zero attached hydrogens (tertiary/aromatic N) is 3. The van der Waals surface area contributed by atoms with Crippen LogP contribution in [0, 0.1) is 0 Å². The lowest BCUT2D eigenvalue weighted by Gasteiger charge is -2.14. The van der Waals surface area contributed by atoms with Crippen molar-refractivity contribution in [3.63, 3.8) is 0 Å². The van der Waals surface area contributed by atoms with Gasteiger partial charge < -0.3 is 5.73 Å². The average Bonchev–Trinajstić information content (AvgIpc) is 2.81. The normalized spacial score (nSPS) is 12.6. The molecule has 2 N–H and O–H groups in total. The predicted octanol–water partition coefficient (Wildman–Crippen LogP) is 2.72. The maximum Gasteiger partial charge on any atom is 0.138 e. The van der Waals surface area contributed by atoms with Gasteiger partial charge in [-0.3, -0.25) is 4.68 Å². The highest BCUT2D eigenvalue weighted by atomic mass is 35.5. The first-order valence-electron chi connectivity index (χ1n) is 6.17. The molecule has 0 saturated heterocycles. The van der Waals surface area contributed by atoms with Crippen molar-refractivity contribution in [1.82, 2.24) is 14.8 Å². The number of aryl methyl sites for hydroxylation is 1. The van der Waals surface area contributed by atoms with Gasteiger partial charge in [0.05, 0.1) is 0 Å². The first-order valence-corrected chi connectivity index (χ1v) is 6.92. The maximum absolute atomic E-state index is 6.16. The summed E-state index contributed by atoms with van der Waals surface area (Å²) in [5, 5.41) is 5.43. The molecule has 0 fully saturated rings. The van der Waals surface area contributed by atoms with E-state index in [-0.39, 0.29) is 6.04 Å². The molecule has 2 rings (SSSR count). The smallest absolute Gasteiger partial charge is 0.138 e. The zero-order valence-electron chi connectivity index (χ0n) is 10.7. The topological polar surface area (TPSA) is 56.7 Å². The molecule has 0 bridgehead atoms. The second kappa shape index (κ2) is 6.37. The molecule has 1 heterocycles. The van der Waals surface area contributed by atoms with Gasteiger partial charge in [0.25, 0.3) is 0 Å². The standard InChI is InChI=1S/C13H16Cl2N4/c1-2-19-13(17-8-18-19)7-9(16)6-10-11(14)4-3-5-12(10)15/h3-5,8-9H,2,6-7,16H2,1H3. The molecule has 0 saturated carbocycles. The third kappa shape index (κ3) is 3.47. The average molecular weight is 299 g/mol. The largest absolute Gasteiger partial charge is 0.327 e. The number of nitrogens with two attached hydrogens (primary N) is 1. The summed E-state index contributed by atoms with van der Waals surface area (Å²) in [6.45, 7) is 2.81. The number of benzene rings is 1. The van der Waals surface area contributed by atoms with Crippen LogP contribution in [0.25, 0.3) is 0 Å². The zero-order valence-corrected chi connectivity index (χ0v) is 12.2. The summed E-state index contributed by atoms with van der Waals surface area (Å²) in [5.41, 5.74) is 7.05. The van der Waals surface area contributed by atoms with Crippen molar-refractivity contribution in [2.45, 2.75) is 32.4 Å². The van der Waals surface area contributed by atoms with Gasteiger partial charge in [-0.2, -0.15) is 5.10 Å². The SMILES string of the molecule is CCn1ncnc1CC(N)Cc1c(Cl)cccc1Cl. The third-order valence-corrected chi connectivity index (χ3v) is 3.68. The highest BCUT2D eigenvalue weighted by molar-refractivity contribution is 6.35. The van der Waals surface area contributed by atoms with Gasteiger partial charge in [0.1, 0.15) is 12.2 Å². The highest BCUT2D eigenvalue weighted by Gasteiger charge is 2.14. The van der Waals surface area contributed by atoms with Crippen LogP contribution in [0.15, 0.2) is 24.5 Å². The van der Waals surface area contributed by atoms with E-state index in [2.05, 4.69) is 10.1 Å². The molecule has 1 unspecified atom stereocenters.